The number of halogens is 1. The van der Waals surface area contributed by atoms with Crippen LogP contribution in [0.2, 0.25) is 0 Å². The van der Waals surface area contributed by atoms with Crippen molar-refractivity contribution in [1.29, 1.82) is 0 Å². The zero-order chi connectivity index (χ0) is 9.97. The average Bonchev–Trinajstić information content (AvgIpc) is 2.65. The molecule has 3 heteroatoms. The van der Waals surface area contributed by atoms with Gasteiger partial charge in [-0.15, -0.1) is 11.3 Å². The molecule has 1 aromatic rings. The molecule has 0 unspecified atom stereocenters. The summed E-state index contributed by atoms with van der Waals surface area (Å²) in [6, 6.07) is 2.35. The SMILES string of the molecule is N[C@@H](c1sccc1Br)C1CCCCC1. The first kappa shape index (κ1) is 10.7. The van der Waals surface area contributed by atoms with Gasteiger partial charge >= 0.3 is 0 Å². The fourth-order valence-corrected chi connectivity index (χ4v) is 3.98. The van der Waals surface area contributed by atoms with Gasteiger partial charge < -0.3 is 5.73 Å². The smallest absolute Gasteiger partial charge is 0.0429 e. The van der Waals surface area contributed by atoms with Crippen LogP contribution < -0.4 is 5.73 Å². The zero-order valence-electron chi connectivity index (χ0n) is 8.21. The number of nitrogens with two attached hydrogens (primary N) is 1. The summed E-state index contributed by atoms with van der Waals surface area (Å²) in [7, 11) is 0. The van der Waals surface area contributed by atoms with Crippen molar-refractivity contribution in [1.82, 2.24) is 0 Å². The molecule has 0 amide bonds. The summed E-state index contributed by atoms with van der Waals surface area (Å²) in [6.45, 7) is 0. The number of hydrogen-bond acceptors (Lipinski definition) is 2. The fraction of sp³-hybridized carbons (Fsp3) is 0.636. The van der Waals surface area contributed by atoms with Gasteiger partial charge in [-0.05, 0) is 46.1 Å². The normalized spacial score (nSPS) is 21.0. The van der Waals surface area contributed by atoms with Crippen LogP contribution in [0.4, 0.5) is 0 Å². The highest BCUT2D eigenvalue weighted by Crippen LogP contribution is 2.37. The first-order chi connectivity index (χ1) is 6.79. The Labute approximate surface area is 97.8 Å². The molecule has 0 aliphatic heterocycles. The Balaban J connectivity index is 2.07. The minimum atomic E-state index is 0.254. The zero-order valence-corrected chi connectivity index (χ0v) is 10.6. The van der Waals surface area contributed by atoms with E-state index >= 15 is 0 Å². The van der Waals surface area contributed by atoms with Crippen molar-refractivity contribution in [3.63, 3.8) is 0 Å². The molecule has 1 atom stereocenters. The van der Waals surface area contributed by atoms with Gasteiger partial charge in [0.2, 0.25) is 0 Å². The predicted molar refractivity (Wildman–Crippen MR) is 65.5 cm³/mol. The molecular weight excluding hydrogens is 258 g/mol. The maximum absolute atomic E-state index is 6.30. The summed E-state index contributed by atoms with van der Waals surface area (Å²) >= 11 is 5.34. The number of hydrogen-bond donors (Lipinski definition) is 1. The largest absolute Gasteiger partial charge is 0.323 e. The van der Waals surface area contributed by atoms with Crippen molar-refractivity contribution in [3.05, 3.63) is 20.8 Å². The molecular formula is C11H16BrNS. The lowest BCUT2D eigenvalue weighted by atomic mass is 9.84. The quantitative estimate of drug-likeness (QED) is 0.863. The van der Waals surface area contributed by atoms with Gasteiger partial charge in [0, 0.05) is 15.4 Å². The molecule has 1 aliphatic carbocycles. The lowest BCUT2D eigenvalue weighted by Crippen LogP contribution is -2.22. The van der Waals surface area contributed by atoms with E-state index in [-0.39, 0.29) is 6.04 Å². The minimum Gasteiger partial charge on any atom is -0.323 e. The van der Waals surface area contributed by atoms with Crippen molar-refractivity contribution < 1.29 is 0 Å². The first-order valence-corrected chi connectivity index (χ1v) is 6.95. The summed E-state index contributed by atoms with van der Waals surface area (Å²) in [5.74, 6) is 0.707. The topological polar surface area (TPSA) is 26.0 Å². The van der Waals surface area contributed by atoms with Crippen LogP contribution in [0.1, 0.15) is 43.0 Å². The lowest BCUT2D eigenvalue weighted by Gasteiger charge is -2.27. The maximum atomic E-state index is 6.30. The van der Waals surface area contributed by atoms with Crippen LogP contribution >= 0.6 is 27.3 Å². The van der Waals surface area contributed by atoms with E-state index in [1.807, 2.05) is 0 Å². The molecule has 0 radical (unpaired) electrons. The van der Waals surface area contributed by atoms with E-state index in [4.69, 9.17) is 5.73 Å². The Morgan fingerprint density at radius 1 is 1.36 bits per heavy atom. The van der Waals surface area contributed by atoms with Gasteiger partial charge in [-0.3, -0.25) is 0 Å². The molecule has 1 saturated carbocycles. The van der Waals surface area contributed by atoms with E-state index in [9.17, 15) is 0 Å². The molecule has 2 rings (SSSR count). The Kier molecular flexibility index (Phi) is 3.63. The fourth-order valence-electron chi connectivity index (χ4n) is 2.25. The van der Waals surface area contributed by atoms with Gasteiger partial charge in [0.25, 0.3) is 0 Å². The van der Waals surface area contributed by atoms with E-state index < -0.39 is 0 Å². The Morgan fingerprint density at radius 2 is 2.07 bits per heavy atom. The second kappa shape index (κ2) is 4.77. The summed E-state index contributed by atoms with van der Waals surface area (Å²) in [5.41, 5.74) is 6.30. The highest BCUT2D eigenvalue weighted by Gasteiger charge is 2.23. The molecule has 1 heterocycles. The Morgan fingerprint density at radius 3 is 2.64 bits per heavy atom. The van der Waals surface area contributed by atoms with Crippen molar-refractivity contribution >= 4 is 27.3 Å². The number of rotatable bonds is 2. The summed E-state index contributed by atoms with van der Waals surface area (Å²) in [4.78, 5) is 1.33. The van der Waals surface area contributed by atoms with E-state index in [0.717, 1.165) is 0 Å². The van der Waals surface area contributed by atoms with Gasteiger partial charge in [0.1, 0.15) is 0 Å². The highest BCUT2D eigenvalue weighted by molar-refractivity contribution is 9.10. The lowest BCUT2D eigenvalue weighted by molar-refractivity contribution is 0.310. The summed E-state index contributed by atoms with van der Waals surface area (Å²) in [5, 5.41) is 2.11. The van der Waals surface area contributed by atoms with Gasteiger partial charge in [-0.2, -0.15) is 0 Å². The Hall–Kier alpha value is 0.140. The third-order valence-corrected chi connectivity index (χ3v) is 5.08. The Bertz CT molecular complexity index is 291. The molecule has 1 aliphatic rings. The van der Waals surface area contributed by atoms with Crippen LogP contribution in [-0.2, 0) is 0 Å². The van der Waals surface area contributed by atoms with Gasteiger partial charge in [0.05, 0.1) is 0 Å². The molecule has 0 spiro atoms. The van der Waals surface area contributed by atoms with Gasteiger partial charge in [0.15, 0.2) is 0 Å². The highest BCUT2D eigenvalue weighted by atomic mass is 79.9. The molecule has 1 aromatic heterocycles. The molecule has 1 fully saturated rings. The second-order valence-corrected chi connectivity index (χ2v) is 5.86. The van der Waals surface area contributed by atoms with Crippen LogP contribution in [0.5, 0.6) is 0 Å². The standard InChI is InChI=1S/C11H16BrNS/c12-9-6-7-14-11(9)10(13)8-4-2-1-3-5-8/h6-8,10H,1-5,13H2/t10-/m1/s1. The average molecular weight is 274 g/mol. The summed E-state index contributed by atoms with van der Waals surface area (Å²) < 4.78 is 1.19. The van der Waals surface area contributed by atoms with E-state index in [2.05, 4.69) is 27.4 Å². The number of thiophene rings is 1. The van der Waals surface area contributed by atoms with Crippen LogP contribution in [-0.4, -0.2) is 0 Å². The van der Waals surface area contributed by atoms with Crippen molar-refractivity contribution in [3.8, 4) is 0 Å². The van der Waals surface area contributed by atoms with Gasteiger partial charge in [-0.25, -0.2) is 0 Å². The van der Waals surface area contributed by atoms with Crippen LogP contribution in [0.25, 0.3) is 0 Å². The third kappa shape index (κ3) is 2.20. The molecule has 0 saturated heterocycles. The molecule has 78 valence electrons. The van der Waals surface area contributed by atoms with Crippen molar-refractivity contribution in [2.75, 3.05) is 0 Å². The van der Waals surface area contributed by atoms with Crippen LogP contribution in [0.3, 0.4) is 0 Å². The first-order valence-electron chi connectivity index (χ1n) is 5.27. The van der Waals surface area contributed by atoms with Crippen molar-refractivity contribution in [2.24, 2.45) is 11.7 Å². The summed E-state index contributed by atoms with van der Waals surface area (Å²) in [6.07, 6.45) is 6.74. The second-order valence-electron chi connectivity index (χ2n) is 4.06. The van der Waals surface area contributed by atoms with Crippen LogP contribution in [0.15, 0.2) is 15.9 Å². The van der Waals surface area contributed by atoms with E-state index in [1.54, 1.807) is 11.3 Å². The van der Waals surface area contributed by atoms with Crippen molar-refractivity contribution in [2.45, 2.75) is 38.1 Å². The van der Waals surface area contributed by atoms with E-state index in [1.165, 1.54) is 41.5 Å². The van der Waals surface area contributed by atoms with E-state index in [0.29, 0.717) is 5.92 Å². The minimum absolute atomic E-state index is 0.254. The molecule has 1 nitrogen and oxygen atoms in total. The monoisotopic (exact) mass is 273 g/mol. The molecule has 0 bridgehead atoms. The predicted octanol–water partition coefficient (Wildman–Crippen LogP) is 4.09. The molecule has 2 N–H and O–H groups in total. The molecule has 0 aromatic carbocycles. The van der Waals surface area contributed by atoms with Crippen LogP contribution in [0, 0.1) is 5.92 Å². The van der Waals surface area contributed by atoms with Gasteiger partial charge in [-0.1, -0.05) is 19.3 Å². The third-order valence-electron chi connectivity index (χ3n) is 3.11. The molecule has 14 heavy (non-hydrogen) atoms. The maximum Gasteiger partial charge on any atom is 0.0429 e.